The summed E-state index contributed by atoms with van der Waals surface area (Å²) in [5.74, 6) is -0.223. The Morgan fingerprint density at radius 2 is 1.63 bits per heavy atom. The van der Waals surface area contributed by atoms with E-state index in [1.807, 2.05) is 46.2 Å². The van der Waals surface area contributed by atoms with Crippen molar-refractivity contribution in [3.63, 3.8) is 0 Å². The Bertz CT molecular complexity index is 1040. The predicted octanol–water partition coefficient (Wildman–Crippen LogP) is 3.35. The smallest absolute Gasteiger partial charge is 0.320 e. The van der Waals surface area contributed by atoms with Gasteiger partial charge in [-0.25, -0.2) is 4.79 Å². The molecule has 1 aliphatic heterocycles. The highest BCUT2D eigenvalue weighted by molar-refractivity contribution is 6.05. The Balaban J connectivity index is 1.35. The molecule has 2 heterocycles. The summed E-state index contributed by atoms with van der Waals surface area (Å²) in [6.45, 7) is 2.43. The Labute approximate surface area is 175 Å². The molecule has 7 heteroatoms. The molecule has 1 saturated heterocycles. The minimum absolute atomic E-state index is 0.0141. The number of carbonyl (C=O) groups is 2. The number of hydrogen-bond acceptors (Lipinski definition) is 4. The van der Waals surface area contributed by atoms with Gasteiger partial charge >= 0.3 is 6.03 Å². The monoisotopic (exact) mass is 401 g/mol. The van der Waals surface area contributed by atoms with Crippen LogP contribution < -0.4 is 11.1 Å². The van der Waals surface area contributed by atoms with Crippen LogP contribution in [0.5, 0.6) is 0 Å². The van der Waals surface area contributed by atoms with Crippen molar-refractivity contribution in [2.45, 2.75) is 13.1 Å². The molecule has 2 aromatic carbocycles. The third-order valence-electron chi connectivity index (χ3n) is 5.08. The third-order valence-corrected chi connectivity index (χ3v) is 5.08. The molecule has 0 radical (unpaired) electrons. The second kappa shape index (κ2) is 8.65. The molecule has 1 fully saturated rings. The lowest BCUT2D eigenvalue weighted by Crippen LogP contribution is -2.31. The molecular formula is C23H23N5O2. The molecule has 0 aliphatic carbocycles. The van der Waals surface area contributed by atoms with E-state index in [1.54, 1.807) is 36.7 Å². The predicted molar refractivity (Wildman–Crippen MR) is 116 cm³/mol. The van der Waals surface area contributed by atoms with Gasteiger partial charge in [0, 0.05) is 44.1 Å². The van der Waals surface area contributed by atoms with E-state index in [-0.39, 0.29) is 11.9 Å². The second-order valence-electron chi connectivity index (χ2n) is 7.23. The number of nitrogens with one attached hydrogen (secondary N) is 1. The first-order chi connectivity index (χ1) is 14.6. The Morgan fingerprint density at radius 3 is 2.30 bits per heavy atom. The standard InChI is InChI=1S/C23H23N5O2/c24-20-5-1-2-6-21(20)26-22(29)19-9-7-17(8-10-19)15-27-12-13-28(23(27)30)16-18-4-3-11-25-14-18/h1-11,14H,12-13,15-16,24H2,(H,26,29). The highest BCUT2D eigenvalue weighted by Crippen LogP contribution is 2.19. The first-order valence-electron chi connectivity index (χ1n) is 9.78. The number of nitrogens with two attached hydrogens (primary N) is 1. The van der Waals surface area contributed by atoms with Crippen LogP contribution in [0.15, 0.2) is 73.1 Å². The molecule has 4 rings (SSSR count). The highest BCUT2D eigenvalue weighted by atomic mass is 16.2. The van der Waals surface area contributed by atoms with Gasteiger partial charge in [0.15, 0.2) is 0 Å². The van der Waals surface area contributed by atoms with Gasteiger partial charge in [-0.3, -0.25) is 9.78 Å². The molecule has 3 aromatic rings. The molecule has 7 nitrogen and oxygen atoms in total. The summed E-state index contributed by atoms with van der Waals surface area (Å²) in [5.41, 5.74) is 9.51. The van der Waals surface area contributed by atoms with Gasteiger partial charge in [0.2, 0.25) is 0 Å². The normalized spacial score (nSPS) is 13.5. The van der Waals surface area contributed by atoms with Crippen LogP contribution >= 0.6 is 0 Å². The Morgan fingerprint density at radius 1 is 0.933 bits per heavy atom. The largest absolute Gasteiger partial charge is 0.397 e. The maximum Gasteiger partial charge on any atom is 0.320 e. The number of hydrogen-bond donors (Lipinski definition) is 2. The maximum atomic E-state index is 12.7. The zero-order chi connectivity index (χ0) is 20.9. The number of urea groups is 1. The van der Waals surface area contributed by atoms with Gasteiger partial charge in [0.25, 0.3) is 5.91 Å². The van der Waals surface area contributed by atoms with E-state index in [0.29, 0.717) is 43.1 Å². The fraction of sp³-hybridized carbons (Fsp3) is 0.174. The summed E-state index contributed by atoms with van der Waals surface area (Å²) >= 11 is 0. The van der Waals surface area contributed by atoms with E-state index in [2.05, 4.69) is 10.3 Å². The van der Waals surface area contributed by atoms with Crippen LogP contribution in [0.3, 0.4) is 0 Å². The van der Waals surface area contributed by atoms with Crippen molar-refractivity contribution in [3.8, 4) is 0 Å². The molecule has 3 N–H and O–H groups in total. The molecule has 1 aromatic heterocycles. The van der Waals surface area contributed by atoms with E-state index in [4.69, 9.17) is 5.73 Å². The number of rotatable bonds is 6. The zero-order valence-corrected chi connectivity index (χ0v) is 16.5. The second-order valence-corrected chi connectivity index (χ2v) is 7.23. The lowest BCUT2D eigenvalue weighted by atomic mass is 10.1. The molecule has 0 atom stereocenters. The summed E-state index contributed by atoms with van der Waals surface area (Å²) in [6.07, 6.45) is 3.50. The van der Waals surface area contributed by atoms with Crippen LogP contribution in [-0.4, -0.2) is 39.8 Å². The summed E-state index contributed by atoms with van der Waals surface area (Å²) in [4.78, 5) is 32.9. The van der Waals surface area contributed by atoms with Gasteiger partial charge in [-0.05, 0) is 41.5 Å². The third kappa shape index (κ3) is 4.41. The average Bonchev–Trinajstić information content (AvgIpc) is 3.10. The molecule has 3 amide bonds. The van der Waals surface area contributed by atoms with E-state index in [0.717, 1.165) is 11.1 Å². The Kier molecular flexibility index (Phi) is 5.61. The topological polar surface area (TPSA) is 91.6 Å². The summed E-state index contributed by atoms with van der Waals surface area (Å²) in [5, 5.41) is 2.81. The van der Waals surface area contributed by atoms with Gasteiger partial charge < -0.3 is 20.9 Å². The highest BCUT2D eigenvalue weighted by Gasteiger charge is 2.28. The van der Waals surface area contributed by atoms with Crippen molar-refractivity contribution in [3.05, 3.63) is 89.7 Å². The molecular weight excluding hydrogens is 378 g/mol. The number of para-hydroxylation sites is 2. The van der Waals surface area contributed by atoms with Gasteiger partial charge in [-0.2, -0.15) is 0 Å². The number of amides is 3. The zero-order valence-electron chi connectivity index (χ0n) is 16.5. The van der Waals surface area contributed by atoms with Gasteiger partial charge in [-0.1, -0.05) is 30.3 Å². The van der Waals surface area contributed by atoms with Crippen molar-refractivity contribution in [1.82, 2.24) is 14.8 Å². The maximum absolute atomic E-state index is 12.7. The fourth-order valence-electron chi connectivity index (χ4n) is 3.43. The first kappa shape index (κ1) is 19.4. The SMILES string of the molecule is Nc1ccccc1NC(=O)c1ccc(CN2CCN(Cc3cccnc3)C2=O)cc1. The summed E-state index contributed by atoms with van der Waals surface area (Å²) < 4.78 is 0. The van der Waals surface area contributed by atoms with Crippen LogP contribution in [0.2, 0.25) is 0 Å². The number of benzene rings is 2. The van der Waals surface area contributed by atoms with Crippen LogP contribution in [0.25, 0.3) is 0 Å². The van der Waals surface area contributed by atoms with Crippen LogP contribution in [0.4, 0.5) is 16.2 Å². The minimum atomic E-state index is -0.223. The molecule has 152 valence electrons. The van der Waals surface area contributed by atoms with Crippen molar-refractivity contribution >= 4 is 23.3 Å². The minimum Gasteiger partial charge on any atom is -0.397 e. The van der Waals surface area contributed by atoms with Crippen LogP contribution in [-0.2, 0) is 13.1 Å². The van der Waals surface area contributed by atoms with Crippen molar-refractivity contribution in [2.75, 3.05) is 24.1 Å². The van der Waals surface area contributed by atoms with E-state index < -0.39 is 0 Å². The van der Waals surface area contributed by atoms with Crippen molar-refractivity contribution in [1.29, 1.82) is 0 Å². The van der Waals surface area contributed by atoms with Crippen LogP contribution in [0.1, 0.15) is 21.5 Å². The van der Waals surface area contributed by atoms with Gasteiger partial charge in [0.05, 0.1) is 11.4 Å². The van der Waals surface area contributed by atoms with Gasteiger partial charge in [0.1, 0.15) is 0 Å². The summed E-state index contributed by atoms with van der Waals surface area (Å²) in [6, 6.07) is 18.3. The molecule has 0 saturated carbocycles. The van der Waals surface area contributed by atoms with Crippen LogP contribution in [0, 0.1) is 0 Å². The number of carbonyl (C=O) groups excluding carboxylic acids is 2. The molecule has 30 heavy (non-hydrogen) atoms. The molecule has 0 bridgehead atoms. The average molecular weight is 401 g/mol. The van der Waals surface area contributed by atoms with Crippen molar-refractivity contribution < 1.29 is 9.59 Å². The number of anilines is 2. The van der Waals surface area contributed by atoms with E-state index in [9.17, 15) is 9.59 Å². The number of pyridine rings is 1. The molecule has 0 unspecified atom stereocenters. The molecule has 1 aliphatic rings. The fourth-order valence-corrected chi connectivity index (χ4v) is 3.43. The van der Waals surface area contributed by atoms with E-state index in [1.165, 1.54) is 0 Å². The number of nitrogen functional groups attached to an aromatic ring is 1. The Hall–Kier alpha value is -3.87. The lowest BCUT2D eigenvalue weighted by molar-refractivity contribution is 0.102. The van der Waals surface area contributed by atoms with Crippen molar-refractivity contribution in [2.24, 2.45) is 0 Å². The quantitative estimate of drug-likeness (QED) is 0.620. The number of aromatic nitrogens is 1. The lowest BCUT2D eigenvalue weighted by Gasteiger charge is -2.19. The summed E-state index contributed by atoms with van der Waals surface area (Å²) in [7, 11) is 0. The van der Waals surface area contributed by atoms with E-state index >= 15 is 0 Å². The van der Waals surface area contributed by atoms with Gasteiger partial charge in [-0.15, -0.1) is 0 Å². The first-order valence-corrected chi connectivity index (χ1v) is 9.78. The number of nitrogens with zero attached hydrogens (tertiary/aromatic N) is 3. The molecule has 0 spiro atoms.